The first kappa shape index (κ1) is 32.6. The van der Waals surface area contributed by atoms with Gasteiger partial charge in [0, 0.05) is 40.5 Å². The molecule has 1 fully saturated rings. The summed E-state index contributed by atoms with van der Waals surface area (Å²) in [5.74, 6) is -0.0507. The lowest BCUT2D eigenvalue weighted by atomic mass is 10.00. The summed E-state index contributed by atoms with van der Waals surface area (Å²) in [6.07, 6.45) is 0.0462. The number of ether oxygens (including phenoxy) is 4. The maximum absolute atomic E-state index is 13.5. The number of anilines is 3. The first-order chi connectivity index (χ1) is 22.1. The van der Waals surface area contributed by atoms with Gasteiger partial charge >= 0.3 is 24.8 Å². The predicted octanol–water partition coefficient (Wildman–Crippen LogP) is 6.24. The Bertz CT molecular complexity index is 1610. The number of carbonyl (C=O) groups excluding carboxylic acids is 3. The van der Waals surface area contributed by atoms with Crippen LogP contribution in [0.15, 0.2) is 36.4 Å². The summed E-state index contributed by atoms with van der Waals surface area (Å²) in [5, 5.41) is 6.11. The SMILES string of the molecule is COC(=O)Nc1ccc2c(c1)N[C@@H](C(=O)OC)CCCC[C@H](N1CCC(c3cc(Cl)ccc3OC(F)F)OC1=O)c1nc(N)c-2[nH]1. The fraction of sp³-hybridized carbons (Fsp3) is 0.400. The second-order valence-corrected chi connectivity index (χ2v) is 11.1. The largest absolute Gasteiger partial charge is 0.467 e. The molecular weight excluding hydrogens is 630 g/mol. The van der Waals surface area contributed by atoms with Gasteiger partial charge in [0.25, 0.3) is 0 Å². The average molecular weight is 663 g/mol. The fourth-order valence-corrected chi connectivity index (χ4v) is 5.86. The molecule has 246 valence electrons. The van der Waals surface area contributed by atoms with E-state index in [-0.39, 0.29) is 35.1 Å². The molecule has 5 N–H and O–H groups in total. The lowest BCUT2D eigenvalue weighted by Gasteiger charge is -2.37. The third kappa shape index (κ3) is 7.19. The number of amides is 2. The Morgan fingerprint density at radius 2 is 1.91 bits per heavy atom. The number of cyclic esters (lactones) is 1. The van der Waals surface area contributed by atoms with Crippen LogP contribution in [0.25, 0.3) is 11.3 Å². The van der Waals surface area contributed by atoms with E-state index in [1.54, 1.807) is 18.2 Å². The van der Waals surface area contributed by atoms with Gasteiger partial charge in [-0.3, -0.25) is 10.2 Å². The van der Waals surface area contributed by atoms with Crippen molar-refractivity contribution in [3.8, 4) is 17.0 Å². The van der Waals surface area contributed by atoms with Gasteiger partial charge in [0.1, 0.15) is 29.5 Å². The maximum Gasteiger partial charge on any atom is 0.411 e. The van der Waals surface area contributed by atoms with Crippen LogP contribution in [0, 0.1) is 0 Å². The number of imidazole rings is 1. The molecule has 3 atom stereocenters. The minimum absolute atomic E-state index is 0.127. The normalized spacial score (nSPS) is 19.9. The minimum Gasteiger partial charge on any atom is -0.467 e. The van der Waals surface area contributed by atoms with E-state index in [0.717, 1.165) is 0 Å². The van der Waals surface area contributed by atoms with E-state index in [4.69, 9.17) is 31.5 Å². The number of rotatable bonds is 6. The molecule has 3 heterocycles. The molecule has 5 rings (SSSR count). The van der Waals surface area contributed by atoms with Crippen molar-refractivity contribution in [2.24, 2.45) is 0 Å². The van der Waals surface area contributed by atoms with Crippen molar-refractivity contribution < 1.29 is 42.1 Å². The van der Waals surface area contributed by atoms with E-state index in [0.29, 0.717) is 54.1 Å². The topological polar surface area (TPSA) is 170 Å². The zero-order valence-corrected chi connectivity index (χ0v) is 25.7. The van der Waals surface area contributed by atoms with Crippen molar-refractivity contribution in [3.63, 3.8) is 0 Å². The van der Waals surface area contributed by atoms with E-state index in [1.165, 1.54) is 37.3 Å². The van der Waals surface area contributed by atoms with Crippen molar-refractivity contribution >= 4 is 46.9 Å². The second kappa shape index (κ2) is 14.1. The molecule has 46 heavy (non-hydrogen) atoms. The van der Waals surface area contributed by atoms with Crippen LogP contribution in [0.5, 0.6) is 5.75 Å². The number of fused-ring (bicyclic) bond motifs is 4. The van der Waals surface area contributed by atoms with E-state index >= 15 is 0 Å². The van der Waals surface area contributed by atoms with Gasteiger partial charge in [0.2, 0.25) is 0 Å². The Kier molecular flexibility index (Phi) is 9.99. The number of esters is 1. The molecule has 2 amide bonds. The molecule has 1 saturated heterocycles. The minimum atomic E-state index is -3.07. The molecular formula is C30H33ClF2N6O7. The van der Waals surface area contributed by atoms with Crippen LogP contribution in [0.3, 0.4) is 0 Å². The number of aromatic nitrogens is 2. The summed E-state index contributed by atoms with van der Waals surface area (Å²) in [5.41, 5.74) is 8.49. The average Bonchev–Trinajstić information content (AvgIpc) is 3.41. The highest BCUT2D eigenvalue weighted by molar-refractivity contribution is 6.30. The van der Waals surface area contributed by atoms with Crippen LogP contribution in [0.2, 0.25) is 5.02 Å². The van der Waals surface area contributed by atoms with Crippen molar-refractivity contribution in [2.45, 2.75) is 56.9 Å². The van der Waals surface area contributed by atoms with Gasteiger partial charge in [0.05, 0.1) is 26.0 Å². The highest BCUT2D eigenvalue weighted by Crippen LogP contribution is 2.41. The predicted molar refractivity (Wildman–Crippen MR) is 164 cm³/mol. The molecule has 0 spiro atoms. The van der Waals surface area contributed by atoms with Crippen LogP contribution in [-0.2, 0) is 19.0 Å². The van der Waals surface area contributed by atoms with E-state index in [1.807, 2.05) is 0 Å². The van der Waals surface area contributed by atoms with E-state index in [2.05, 4.69) is 25.3 Å². The van der Waals surface area contributed by atoms with Crippen LogP contribution in [0.4, 0.5) is 35.6 Å². The molecule has 2 aliphatic heterocycles. The van der Waals surface area contributed by atoms with Gasteiger partial charge in [0.15, 0.2) is 0 Å². The zero-order valence-electron chi connectivity index (χ0n) is 25.0. The van der Waals surface area contributed by atoms with Crippen molar-refractivity contribution in [1.82, 2.24) is 14.9 Å². The van der Waals surface area contributed by atoms with Crippen LogP contribution >= 0.6 is 11.6 Å². The van der Waals surface area contributed by atoms with Gasteiger partial charge in [-0.15, -0.1) is 0 Å². The Balaban J connectivity index is 1.47. The number of H-pyrrole nitrogens is 1. The molecule has 1 aromatic heterocycles. The Morgan fingerprint density at radius 3 is 2.63 bits per heavy atom. The quantitative estimate of drug-likeness (QED) is 0.175. The lowest BCUT2D eigenvalue weighted by Crippen LogP contribution is -2.42. The number of nitrogens with two attached hydrogens (primary N) is 1. The molecule has 16 heteroatoms. The molecule has 3 aromatic rings. The number of benzene rings is 2. The zero-order chi connectivity index (χ0) is 33.0. The highest BCUT2D eigenvalue weighted by Gasteiger charge is 2.37. The molecule has 13 nitrogen and oxygen atoms in total. The molecule has 0 radical (unpaired) electrons. The third-order valence-corrected chi connectivity index (χ3v) is 8.08. The second-order valence-electron chi connectivity index (χ2n) is 10.7. The summed E-state index contributed by atoms with van der Waals surface area (Å²) < 4.78 is 46.3. The third-order valence-electron chi connectivity index (χ3n) is 7.84. The summed E-state index contributed by atoms with van der Waals surface area (Å²) in [4.78, 5) is 47.5. The monoisotopic (exact) mass is 662 g/mol. The molecule has 2 bridgehead atoms. The summed E-state index contributed by atoms with van der Waals surface area (Å²) >= 11 is 6.12. The number of alkyl halides is 2. The first-order valence-corrected chi connectivity index (χ1v) is 14.9. The van der Waals surface area contributed by atoms with Gasteiger partial charge < -0.3 is 35.0 Å². The number of carbonyl (C=O) groups is 3. The standard InChI is InChI=1S/C30H33ClF2N6O7/c1-43-27(40)19-5-3-4-6-21(39-12-11-23(46-30(39)42)18-13-15(31)7-10-22(18)45-28(32)33)26-37-24(25(34)38-26)17-9-8-16(14-20(17)36-19)35-29(41)44-2/h7-10,13-14,19,21,23,28,36H,3-6,11-12,34H2,1-2H3,(H,35,41)(H,37,38)/t19-,21+,23?/m1/s1. The Hall–Kier alpha value is -4.79. The van der Waals surface area contributed by atoms with E-state index in [9.17, 15) is 23.2 Å². The molecule has 0 aliphatic carbocycles. The molecule has 2 aliphatic rings. The summed E-state index contributed by atoms with van der Waals surface area (Å²) in [6, 6.07) is 7.81. The number of methoxy groups -OCH3 is 2. The summed E-state index contributed by atoms with van der Waals surface area (Å²) in [7, 11) is 2.54. The van der Waals surface area contributed by atoms with Gasteiger partial charge in [-0.05, 0) is 49.2 Å². The van der Waals surface area contributed by atoms with Crippen LogP contribution in [-0.4, -0.2) is 66.4 Å². The van der Waals surface area contributed by atoms with Crippen molar-refractivity contribution in [2.75, 3.05) is 37.1 Å². The highest BCUT2D eigenvalue weighted by atomic mass is 35.5. The Morgan fingerprint density at radius 1 is 1.13 bits per heavy atom. The first-order valence-electron chi connectivity index (χ1n) is 14.5. The number of hydrogen-bond acceptors (Lipinski definition) is 10. The number of aromatic amines is 1. The van der Waals surface area contributed by atoms with E-state index < -0.39 is 43.0 Å². The molecule has 1 unspecified atom stereocenters. The Labute approximate surface area is 267 Å². The maximum atomic E-state index is 13.5. The summed E-state index contributed by atoms with van der Waals surface area (Å²) in [6.45, 7) is -2.86. The van der Waals surface area contributed by atoms with Gasteiger partial charge in [-0.25, -0.2) is 19.4 Å². The van der Waals surface area contributed by atoms with Gasteiger partial charge in [-0.2, -0.15) is 8.78 Å². The number of hydrogen-bond donors (Lipinski definition) is 4. The smallest absolute Gasteiger partial charge is 0.411 e. The van der Waals surface area contributed by atoms with Crippen LogP contribution in [0.1, 0.15) is 55.6 Å². The number of nitrogen functional groups attached to an aromatic ring is 1. The fourth-order valence-electron chi connectivity index (χ4n) is 5.67. The number of nitrogens with one attached hydrogen (secondary N) is 3. The lowest BCUT2D eigenvalue weighted by molar-refractivity contribution is -0.141. The molecule has 2 aromatic carbocycles. The van der Waals surface area contributed by atoms with Crippen molar-refractivity contribution in [1.29, 1.82) is 0 Å². The van der Waals surface area contributed by atoms with Gasteiger partial charge in [-0.1, -0.05) is 24.4 Å². The number of nitrogens with zero attached hydrogens (tertiary/aromatic N) is 2. The number of halogens is 3. The van der Waals surface area contributed by atoms with Crippen molar-refractivity contribution in [3.05, 3.63) is 52.8 Å². The molecule has 0 saturated carbocycles. The van der Waals surface area contributed by atoms with Crippen LogP contribution < -0.4 is 21.1 Å².